The van der Waals surface area contributed by atoms with Gasteiger partial charge in [-0.1, -0.05) is 43.4 Å². The summed E-state index contributed by atoms with van der Waals surface area (Å²) in [4.78, 5) is 38.6. The molecule has 1 aromatic carbocycles. The van der Waals surface area contributed by atoms with Crippen LogP contribution in [-0.4, -0.2) is 45.9 Å². The third-order valence-electron chi connectivity index (χ3n) is 5.58. The molecule has 4 aromatic rings. The predicted molar refractivity (Wildman–Crippen MR) is 143 cm³/mol. The fourth-order valence-electron chi connectivity index (χ4n) is 3.62. The summed E-state index contributed by atoms with van der Waals surface area (Å²) in [7, 11) is -1.20. The molecule has 0 unspecified atom stereocenters. The molecule has 1 amide bonds. The number of pyridine rings is 1. The molecular formula is C26H28ClN5O3Si. The lowest BCUT2D eigenvalue weighted by atomic mass is 10.1. The average Bonchev–Trinajstić information content (AvgIpc) is 3.21. The minimum absolute atomic E-state index is 0.166. The van der Waals surface area contributed by atoms with Crippen molar-refractivity contribution >= 4 is 48.2 Å². The monoisotopic (exact) mass is 521 g/mol. The Hall–Kier alpha value is -3.40. The summed E-state index contributed by atoms with van der Waals surface area (Å²) in [5.41, 5.74) is 2.31. The predicted octanol–water partition coefficient (Wildman–Crippen LogP) is 5.20. The van der Waals surface area contributed by atoms with Crippen molar-refractivity contribution in [3.8, 4) is 0 Å². The van der Waals surface area contributed by atoms with Crippen LogP contribution in [0, 0.1) is 0 Å². The maximum atomic E-state index is 13.4. The van der Waals surface area contributed by atoms with Crippen molar-refractivity contribution in [2.24, 2.45) is 0 Å². The maximum absolute atomic E-state index is 13.4. The molecule has 0 bridgehead atoms. The van der Waals surface area contributed by atoms with Crippen molar-refractivity contribution in [1.82, 2.24) is 19.5 Å². The van der Waals surface area contributed by atoms with Gasteiger partial charge in [-0.2, -0.15) is 0 Å². The van der Waals surface area contributed by atoms with Gasteiger partial charge in [0.25, 0.3) is 0 Å². The second kappa shape index (κ2) is 11.1. The Kier molecular flexibility index (Phi) is 7.93. The van der Waals surface area contributed by atoms with E-state index in [1.165, 1.54) is 12.5 Å². The van der Waals surface area contributed by atoms with Crippen LogP contribution in [0.4, 0.5) is 5.82 Å². The topological polar surface area (TPSA) is 99.0 Å². The summed E-state index contributed by atoms with van der Waals surface area (Å²) < 4.78 is 7.71. The molecule has 0 fully saturated rings. The van der Waals surface area contributed by atoms with Gasteiger partial charge in [0.15, 0.2) is 5.78 Å². The molecule has 8 nitrogen and oxygen atoms in total. The Labute approximate surface area is 215 Å². The molecule has 0 radical (unpaired) electrons. The summed E-state index contributed by atoms with van der Waals surface area (Å²) in [6.07, 6.45) is 6.50. The zero-order valence-electron chi connectivity index (χ0n) is 20.5. The number of nitrogens with zero attached hydrogens (tertiary/aromatic N) is 4. The third-order valence-corrected chi connectivity index (χ3v) is 7.53. The lowest BCUT2D eigenvalue weighted by Crippen LogP contribution is -2.22. The average molecular weight is 522 g/mol. The standard InChI is InChI=1S/C26H28ClN5O3Si/c1-36(2,3)11-10-35-17-32-15-22(21-14-28-16-30-26(21)32)25(34)19-8-9-29-23(13-19)31-24(33)12-18-4-6-20(27)7-5-18/h4-9,13-16H,10-12,17H2,1-3H3,(H,29,31,33). The highest BCUT2D eigenvalue weighted by Gasteiger charge is 2.19. The summed E-state index contributed by atoms with van der Waals surface area (Å²) in [6, 6.07) is 11.3. The molecule has 0 aliphatic carbocycles. The number of ether oxygens (including phenoxy) is 1. The number of aromatic nitrogens is 4. The van der Waals surface area contributed by atoms with Gasteiger partial charge in [0, 0.05) is 49.2 Å². The molecule has 0 saturated heterocycles. The van der Waals surface area contributed by atoms with E-state index >= 15 is 0 Å². The Bertz CT molecular complexity index is 1380. The van der Waals surface area contributed by atoms with Crippen LogP contribution in [0.3, 0.4) is 0 Å². The number of halogens is 1. The third kappa shape index (κ3) is 6.63. The molecule has 0 aliphatic rings. The van der Waals surface area contributed by atoms with E-state index in [0.29, 0.717) is 46.3 Å². The number of fused-ring (bicyclic) bond motifs is 1. The minimum Gasteiger partial charge on any atom is -0.361 e. The number of hydrogen-bond donors (Lipinski definition) is 1. The van der Waals surface area contributed by atoms with Gasteiger partial charge in [0.1, 0.15) is 24.5 Å². The highest BCUT2D eigenvalue weighted by atomic mass is 35.5. The molecule has 0 spiro atoms. The first-order valence-corrected chi connectivity index (χ1v) is 15.7. The Morgan fingerprint density at radius 2 is 1.89 bits per heavy atom. The first-order chi connectivity index (χ1) is 17.2. The molecule has 0 saturated carbocycles. The SMILES string of the molecule is C[Si](C)(C)CCOCn1cc(C(=O)c2ccnc(NC(=O)Cc3ccc(Cl)cc3)c2)c2cncnc21. The van der Waals surface area contributed by atoms with Crippen molar-refractivity contribution in [1.29, 1.82) is 0 Å². The molecule has 3 heterocycles. The highest BCUT2D eigenvalue weighted by Crippen LogP contribution is 2.23. The normalized spacial score (nSPS) is 11.6. The van der Waals surface area contributed by atoms with Crippen LogP contribution < -0.4 is 5.32 Å². The van der Waals surface area contributed by atoms with E-state index in [9.17, 15) is 9.59 Å². The molecule has 36 heavy (non-hydrogen) atoms. The maximum Gasteiger partial charge on any atom is 0.229 e. The highest BCUT2D eigenvalue weighted by molar-refractivity contribution is 6.76. The summed E-state index contributed by atoms with van der Waals surface area (Å²) in [5, 5.41) is 4.01. The van der Waals surface area contributed by atoms with Crippen molar-refractivity contribution < 1.29 is 14.3 Å². The number of anilines is 1. The number of amides is 1. The number of rotatable bonds is 10. The number of hydrogen-bond acceptors (Lipinski definition) is 6. The van der Waals surface area contributed by atoms with Crippen LogP contribution in [0.2, 0.25) is 30.7 Å². The van der Waals surface area contributed by atoms with E-state index in [2.05, 4.69) is 39.9 Å². The van der Waals surface area contributed by atoms with E-state index in [4.69, 9.17) is 16.3 Å². The van der Waals surface area contributed by atoms with Gasteiger partial charge in [-0.05, 0) is 35.9 Å². The van der Waals surface area contributed by atoms with Crippen molar-refractivity contribution in [3.05, 3.63) is 83.0 Å². The number of nitrogens with one attached hydrogen (secondary N) is 1. The number of benzene rings is 1. The molecule has 4 rings (SSSR count). The Morgan fingerprint density at radius 3 is 2.64 bits per heavy atom. The fraction of sp³-hybridized carbons (Fsp3) is 0.269. The molecule has 10 heteroatoms. The largest absolute Gasteiger partial charge is 0.361 e. The van der Waals surface area contributed by atoms with Crippen LogP contribution in [-0.2, 0) is 22.7 Å². The molecule has 3 aromatic heterocycles. The quantitative estimate of drug-likeness (QED) is 0.175. The van der Waals surface area contributed by atoms with Crippen LogP contribution >= 0.6 is 11.6 Å². The summed E-state index contributed by atoms with van der Waals surface area (Å²) in [6.45, 7) is 7.86. The number of ketones is 1. The zero-order valence-corrected chi connectivity index (χ0v) is 22.2. The molecule has 0 atom stereocenters. The summed E-state index contributed by atoms with van der Waals surface area (Å²) in [5.74, 6) is -0.157. The number of carbonyl (C=O) groups is 2. The lowest BCUT2D eigenvalue weighted by Gasteiger charge is -2.15. The van der Waals surface area contributed by atoms with E-state index in [1.54, 1.807) is 48.8 Å². The van der Waals surface area contributed by atoms with E-state index in [-0.39, 0.29) is 18.1 Å². The zero-order chi connectivity index (χ0) is 25.7. The van der Waals surface area contributed by atoms with E-state index in [0.717, 1.165) is 11.6 Å². The van der Waals surface area contributed by atoms with Crippen molar-refractivity contribution in [2.45, 2.75) is 38.8 Å². The van der Waals surface area contributed by atoms with Gasteiger partial charge in [-0.25, -0.2) is 15.0 Å². The minimum atomic E-state index is -1.20. The molecule has 186 valence electrons. The van der Waals surface area contributed by atoms with Gasteiger partial charge in [0.05, 0.1) is 12.0 Å². The first-order valence-electron chi connectivity index (χ1n) is 11.6. The van der Waals surface area contributed by atoms with E-state index < -0.39 is 8.07 Å². The number of carbonyl (C=O) groups excluding carboxylic acids is 2. The molecule has 1 N–H and O–H groups in total. The van der Waals surface area contributed by atoms with Crippen molar-refractivity contribution in [2.75, 3.05) is 11.9 Å². The van der Waals surface area contributed by atoms with Gasteiger partial charge in [-0.15, -0.1) is 0 Å². The van der Waals surface area contributed by atoms with Crippen LogP contribution in [0.15, 0.2) is 61.3 Å². The van der Waals surface area contributed by atoms with Gasteiger partial charge >= 0.3 is 0 Å². The van der Waals surface area contributed by atoms with Crippen LogP contribution in [0.25, 0.3) is 11.0 Å². The van der Waals surface area contributed by atoms with Gasteiger partial charge in [-0.3, -0.25) is 9.59 Å². The smallest absolute Gasteiger partial charge is 0.229 e. The van der Waals surface area contributed by atoms with Gasteiger partial charge in [0.2, 0.25) is 5.91 Å². The summed E-state index contributed by atoms with van der Waals surface area (Å²) >= 11 is 5.90. The van der Waals surface area contributed by atoms with Crippen LogP contribution in [0.5, 0.6) is 0 Å². The first kappa shape index (κ1) is 25.7. The fourth-order valence-corrected chi connectivity index (χ4v) is 4.50. The van der Waals surface area contributed by atoms with Crippen LogP contribution in [0.1, 0.15) is 21.5 Å². The molecular weight excluding hydrogens is 494 g/mol. The second-order valence-corrected chi connectivity index (χ2v) is 15.8. The molecule has 0 aliphatic heterocycles. The lowest BCUT2D eigenvalue weighted by molar-refractivity contribution is -0.115. The Balaban J connectivity index is 1.49. The van der Waals surface area contributed by atoms with E-state index in [1.807, 2.05) is 4.57 Å². The second-order valence-electron chi connectivity index (χ2n) is 9.73. The Morgan fingerprint density at radius 1 is 1.11 bits per heavy atom. The van der Waals surface area contributed by atoms with Gasteiger partial charge < -0.3 is 14.6 Å². The van der Waals surface area contributed by atoms with Crippen molar-refractivity contribution in [3.63, 3.8) is 0 Å².